The van der Waals surface area contributed by atoms with Gasteiger partial charge in [-0.2, -0.15) is 0 Å². The zero-order valence-corrected chi connectivity index (χ0v) is 13.2. The molecule has 0 amide bonds. The molecule has 0 spiro atoms. The number of likely N-dealkylation sites (N-methyl/N-ethyl adjacent to an activating group) is 2. The Morgan fingerprint density at radius 2 is 1.83 bits per heavy atom. The van der Waals surface area contributed by atoms with E-state index in [-0.39, 0.29) is 0 Å². The van der Waals surface area contributed by atoms with E-state index in [1.54, 1.807) is 0 Å². The predicted molar refractivity (Wildman–Crippen MR) is 81.0 cm³/mol. The van der Waals surface area contributed by atoms with E-state index in [1.807, 2.05) is 0 Å². The largest absolute Gasteiger partial charge is 0.313 e. The van der Waals surface area contributed by atoms with E-state index in [2.05, 4.69) is 44.8 Å². The first-order valence-corrected chi connectivity index (χ1v) is 8.11. The van der Waals surface area contributed by atoms with Crippen molar-refractivity contribution < 1.29 is 0 Å². The van der Waals surface area contributed by atoms with Crippen LogP contribution in [0, 0.1) is 11.8 Å². The summed E-state index contributed by atoms with van der Waals surface area (Å²) in [7, 11) is 0. The minimum Gasteiger partial charge on any atom is -0.313 e. The fraction of sp³-hybridized carbons (Fsp3) is 1.00. The molecule has 0 aliphatic heterocycles. The second-order valence-corrected chi connectivity index (χ2v) is 6.19. The molecule has 2 nitrogen and oxygen atoms in total. The molecule has 1 saturated carbocycles. The summed E-state index contributed by atoms with van der Waals surface area (Å²) in [4.78, 5) is 2.73. The van der Waals surface area contributed by atoms with Crippen molar-refractivity contribution in [3.63, 3.8) is 0 Å². The zero-order valence-electron chi connectivity index (χ0n) is 13.2. The standard InChI is InChI=1S/C16H34N2/c1-6-9-10-18(8-3)16-14(5)11-13(4)12-15(16)17-7-2/h13-17H,6-12H2,1-5H3. The van der Waals surface area contributed by atoms with Gasteiger partial charge in [0.1, 0.15) is 0 Å². The molecule has 1 aliphatic carbocycles. The molecule has 4 atom stereocenters. The van der Waals surface area contributed by atoms with Crippen LogP contribution in [0.1, 0.15) is 60.3 Å². The first-order valence-electron chi connectivity index (χ1n) is 8.11. The summed E-state index contributed by atoms with van der Waals surface area (Å²) in [5, 5.41) is 3.74. The third kappa shape index (κ3) is 4.24. The normalized spacial score (nSPS) is 33.0. The topological polar surface area (TPSA) is 15.3 Å². The number of hydrogen-bond acceptors (Lipinski definition) is 2. The van der Waals surface area contributed by atoms with Crippen molar-refractivity contribution in [2.24, 2.45) is 11.8 Å². The quantitative estimate of drug-likeness (QED) is 0.748. The maximum atomic E-state index is 3.74. The van der Waals surface area contributed by atoms with Crippen molar-refractivity contribution in [3.05, 3.63) is 0 Å². The molecule has 1 rings (SSSR count). The van der Waals surface area contributed by atoms with E-state index in [1.165, 1.54) is 38.8 Å². The fourth-order valence-electron chi connectivity index (χ4n) is 3.80. The molecule has 108 valence electrons. The van der Waals surface area contributed by atoms with Crippen molar-refractivity contribution >= 4 is 0 Å². The van der Waals surface area contributed by atoms with Crippen LogP contribution in [0.5, 0.6) is 0 Å². The average molecular weight is 254 g/mol. The number of nitrogens with one attached hydrogen (secondary N) is 1. The Balaban J connectivity index is 2.70. The molecule has 18 heavy (non-hydrogen) atoms. The molecular weight excluding hydrogens is 220 g/mol. The Hall–Kier alpha value is -0.0800. The average Bonchev–Trinajstić information content (AvgIpc) is 2.32. The van der Waals surface area contributed by atoms with Crippen LogP contribution in [0.25, 0.3) is 0 Å². The van der Waals surface area contributed by atoms with Gasteiger partial charge in [-0.3, -0.25) is 4.90 Å². The van der Waals surface area contributed by atoms with Crippen molar-refractivity contribution in [1.82, 2.24) is 10.2 Å². The molecular formula is C16H34N2. The van der Waals surface area contributed by atoms with Gasteiger partial charge in [0.25, 0.3) is 0 Å². The van der Waals surface area contributed by atoms with E-state index >= 15 is 0 Å². The van der Waals surface area contributed by atoms with Crippen LogP contribution in [-0.2, 0) is 0 Å². The Morgan fingerprint density at radius 3 is 2.39 bits per heavy atom. The van der Waals surface area contributed by atoms with Crippen LogP contribution in [0.4, 0.5) is 0 Å². The van der Waals surface area contributed by atoms with Crippen molar-refractivity contribution in [2.75, 3.05) is 19.6 Å². The lowest BCUT2D eigenvalue weighted by molar-refractivity contribution is 0.0645. The summed E-state index contributed by atoms with van der Waals surface area (Å²) in [5.74, 6) is 1.71. The molecule has 1 N–H and O–H groups in total. The van der Waals surface area contributed by atoms with Gasteiger partial charge in [0.15, 0.2) is 0 Å². The summed E-state index contributed by atoms with van der Waals surface area (Å²) in [5.41, 5.74) is 0. The Bertz CT molecular complexity index is 217. The monoisotopic (exact) mass is 254 g/mol. The highest BCUT2D eigenvalue weighted by molar-refractivity contribution is 4.93. The molecule has 0 heterocycles. The summed E-state index contributed by atoms with van der Waals surface area (Å²) in [6.45, 7) is 15.3. The summed E-state index contributed by atoms with van der Waals surface area (Å²) < 4.78 is 0. The van der Waals surface area contributed by atoms with E-state index in [0.717, 1.165) is 24.4 Å². The van der Waals surface area contributed by atoms with E-state index in [4.69, 9.17) is 0 Å². The first kappa shape index (κ1) is 16.0. The fourth-order valence-corrected chi connectivity index (χ4v) is 3.80. The molecule has 1 fully saturated rings. The van der Waals surface area contributed by atoms with Crippen LogP contribution < -0.4 is 5.32 Å². The van der Waals surface area contributed by atoms with Crippen LogP contribution in [0.3, 0.4) is 0 Å². The highest BCUT2D eigenvalue weighted by atomic mass is 15.2. The number of nitrogens with zero attached hydrogens (tertiary/aromatic N) is 1. The van der Waals surface area contributed by atoms with Gasteiger partial charge in [-0.25, -0.2) is 0 Å². The molecule has 0 saturated heterocycles. The Morgan fingerprint density at radius 1 is 1.11 bits per heavy atom. The molecule has 1 aliphatic rings. The summed E-state index contributed by atoms with van der Waals surface area (Å²) in [6.07, 6.45) is 5.39. The SMILES string of the molecule is CCCCN(CC)C1C(C)CC(C)CC1NCC. The highest BCUT2D eigenvalue weighted by Gasteiger charge is 2.36. The molecule has 0 aromatic heterocycles. The molecule has 0 radical (unpaired) electrons. The highest BCUT2D eigenvalue weighted by Crippen LogP contribution is 2.32. The Kier molecular flexibility index (Phi) is 7.25. The second-order valence-electron chi connectivity index (χ2n) is 6.19. The van der Waals surface area contributed by atoms with Gasteiger partial charge in [0.05, 0.1) is 0 Å². The molecule has 0 bridgehead atoms. The van der Waals surface area contributed by atoms with Crippen LogP contribution >= 0.6 is 0 Å². The van der Waals surface area contributed by atoms with Gasteiger partial charge in [0.2, 0.25) is 0 Å². The van der Waals surface area contributed by atoms with Gasteiger partial charge in [-0.05, 0) is 50.7 Å². The maximum absolute atomic E-state index is 3.74. The lowest BCUT2D eigenvalue weighted by atomic mass is 9.75. The van der Waals surface area contributed by atoms with E-state index in [0.29, 0.717) is 6.04 Å². The van der Waals surface area contributed by atoms with E-state index in [9.17, 15) is 0 Å². The van der Waals surface area contributed by atoms with Crippen LogP contribution in [0.2, 0.25) is 0 Å². The second kappa shape index (κ2) is 8.16. The third-order valence-corrected chi connectivity index (χ3v) is 4.52. The lowest BCUT2D eigenvalue weighted by Gasteiger charge is -2.46. The number of hydrogen-bond donors (Lipinski definition) is 1. The van der Waals surface area contributed by atoms with Gasteiger partial charge in [0, 0.05) is 12.1 Å². The van der Waals surface area contributed by atoms with Crippen LogP contribution in [0.15, 0.2) is 0 Å². The predicted octanol–water partition coefficient (Wildman–Crippen LogP) is 3.52. The zero-order chi connectivity index (χ0) is 13.5. The molecule has 4 unspecified atom stereocenters. The van der Waals surface area contributed by atoms with Crippen molar-refractivity contribution in [2.45, 2.75) is 72.4 Å². The van der Waals surface area contributed by atoms with Gasteiger partial charge < -0.3 is 5.32 Å². The summed E-state index contributed by atoms with van der Waals surface area (Å²) in [6, 6.07) is 1.45. The maximum Gasteiger partial charge on any atom is 0.0274 e. The van der Waals surface area contributed by atoms with E-state index < -0.39 is 0 Å². The molecule has 0 aromatic rings. The number of unbranched alkanes of at least 4 members (excludes halogenated alkanes) is 1. The third-order valence-electron chi connectivity index (χ3n) is 4.52. The molecule has 2 heteroatoms. The van der Waals surface area contributed by atoms with Crippen molar-refractivity contribution in [1.29, 1.82) is 0 Å². The van der Waals surface area contributed by atoms with Gasteiger partial charge in [-0.15, -0.1) is 0 Å². The number of rotatable bonds is 7. The van der Waals surface area contributed by atoms with Gasteiger partial charge in [-0.1, -0.05) is 41.0 Å². The van der Waals surface area contributed by atoms with Crippen LogP contribution in [-0.4, -0.2) is 36.6 Å². The minimum atomic E-state index is 0.700. The van der Waals surface area contributed by atoms with Crippen molar-refractivity contribution in [3.8, 4) is 0 Å². The smallest absolute Gasteiger partial charge is 0.0274 e. The van der Waals surface area contributed by atoms with Gasteiger partial charge >= 0.3 is 0 Å². The molecule has 0 aromatic carbocycles. The lowest BCUT2D eigenvalue weighted by Crippen LogP contribution is -2.56. The minimum absolute atomic E-state index is 0.700. The first-order chi connectivity index (χ1) is 8.63. The Labute approximate surface area is 115 Å². The summed E-state index contributed by atoms with van der Waals surface area (Å²) >= 11 is 0.